The van der Waals surface area contributed by atoms with Crippen LogP contribution in [0.25, 0.3) is 5.65 Å². The van der Waals surface area contributed by atoms with Gasteiger partial charge in [0.2, 0.25) is 5.95 Å². The van der Waals surface area contributed by atoms with Crippen molar-refractivity contribution in [2.75, 3.05) is 0 Å². The van der Waals surface area contributed by atoms with Crippen LogP contribution in [0.1, 0.15) is 10.4 Å². The Hall–Kier alpha value is -1.69. The molecule has 2 rings (SSSR count). The molecule has 0 spiro atoms. The van der Waals surface area contributed by atoms with Crippen molar-refractivity contribution in [3.05, 3.63) is 28.9 Å². The summed E-state index contributed by atoms with van der Waals surface area (Å²) in [6.07, 6.45) is 1.33. The minimum atomic E-state index is -1.42. The molecule has 0 unspecified atom stereocenters. The topological polar surface area (TPSA) is 67.5 Å². The molecule has 0 saturated heterocycles. The number of fused-ring (bicyclic) bond motifs is 1. The molecule has 0 radical (unpaired) electrons. The molecule has 72 valence electrons. The minimum absolute atomic E-state index is 0.0832. The van der Waals surface area contributed by atoms with Gasteiger partial charge in [0.25, 0.3) is 0 Å². The van der Waals surface area contributed by atoms with Gasteiger partial charge in [-0.25, -0.2) is 14.3 Å². The van der Waals surface area contributed by atoms with E-state index in [0.29, 0.717) is 0 Å². The molecule has 14 heavy (non-hydrogen) atoms. The monoisotopic (exact) mass is 215 g/mol. The van der Waals surface area contributed by atoms with Gasteiger partial charge in [-0.15, -0.1) is 5.10 Å². The zero-order chi connectivity index (χ0) is 10.3. The first kappa shape index (κ1) is 8.89. The van der Waals surface area contributed by atoms with E-state index in [-0.39, 0.29) is 10.8 Å². The Labute approximate surface area is 81.7 Å². The van der Waals surface area contributed by atoms with Gasteiger partial charge < -0.3 is 5.11 Å². The second-order valence-electron chi connectivity index (χ2n) is 2.49. The first-order chi connectivity index (χ1) is 6.59. The summed E-state index contributed by atoms with van der Waals surface area (Å²) in [5, 5.41) is 12.1. The highest BCUT2D eigenvalue weighted by molar-refractivity contribution is 6.29. The molecule has 2 aromatic heterocycles. The summed E-state index contributed by atoms with van der Waals surface area (Å²) in [7, 11) is 0. The van der Waals surface area contributed by atoms with Crippen molar-refractivity contribution >= 4 is 23.2 Å². The molecule has 0 aromatic carbocycles. The maximum atomic E-state index is 13.0. The fraction of sp³-hybridized carbons (Fsp3) is 0. The zero-order valence-corrected chi connectivity index (χ0v) is 7.36. The van der Waals surface area contributed by atoms with Gasteiger partial charge >= 0.3 is 5.97 Å². The maximum absolute atomic E-state index is 13.0. The predicted octanol–water partition coefficient (Wildman–Crippen LogP) is 1.22. The molecule has 0 atom stereocenters. The number of nitrogens with zero attached hydrogens (tertiary/aromatic N) is 3. The van der Waals surface area contributed by atoms with Crippen LogP contribution in [-0.2, 0) is 0 Å². The van der Waals surface area contributed by atoms with Crippen LogP contribution >= 0.6 is 11.6 Å². The van der Waals surface area contributed by atoms with Crippen molar-refractivity contribution in [1.82, 2.24) is 14.6 Å². The van der Waals surface area contributed by atoms with Gasteiger partial charge in [0, 0.05) is 6.20 Å². The standard InChI is InChI=1S/C7H3ClFN3O2/c8-3-1-2-12-6(10-3)4(7(13)14)5(9)11-12/h1-2H,(H,13,14). The Bertz CT molecular complexity index is 525. The van der Waals surface area contributed by atoms with E-state index in [1.165, 1.54) is 12.3 Å². The largest absolute Gasteiger partial charge is 0.477 e. The molecule has 0 bridgehead atoms. The fourth-order valence-corrected chi connectivity index (χ4v) is 1.20. The van der Waals surface area contributed by atoms with Gasteiger partial charge in [-0.2, -0.15) is 4.39 Å². The Kier molecular flexibility index (Phi) is 1.85. The van der Waals surface area contributed by atoms with Crippen LogP contribution in [0.4, 0.5) is 4.39 Å². The Morgan fingerprint density at radius 3 is 3.00 bits per heavy atom. The molecule has 0 saturated carbocycles. The molecule has 2 heterocycles. The number of carbonyl (C=O) groups is 1. The van der Waals surface area contributed by atoms with Crippen LogP contribution < -0.4 is 0 Å². The Morgan fingerprint density at radius 1 is 1.64 bits per heavy atom. The zero-order valence-electron chi connectivity index (χ0n) is 6.61. The molecule has 5 nitrogen and oxygen atoms in total. The molecular formula is C7H3ClFN3O2. The van der Waals surface area contributed by atoms with Crippen LogP contribution in [0.2, 0.25) is 5.15 Å². The molecule has 0 fully saturated rings. The predicted molar refractivity (Wildman–Crippen MR) is 44.9 cm³/mol. The minimum Gasteiger partial charge on any atom is -0.477 e. The first-order valence-corrected chi connectivity index (χ1v) is 3.91. The molecule has 0 amide bonds. The van der Waals surface area contributed by atoms with Crippen LogP contribution in [0, 0.1) is 5.95 Å². The van der Waals surface area contributed by atoms with Gasteiger partial charge in [0.05, 0.1) is 0 Å². The number of hydrogen-bond acceptors (Lipinski definition) is 3. The average molecular weight is 216 g/mol. The Morgan fingerprint density at radius 2 is 2.36 bits per heavy atom. The summed E-state index contributed by atoms with van der Waals surface area (Å²) < 4.78 is 14.0. The summed E-state index contributed by atoms with van der Waals surface area (Å²) in [5.74, 6) is -2.50. The van der Waals surface area contributed by atoms with Crippen molar-refractivity contribution in [2.45, 2.75) is 0 Å². The molecule has 1 N–H and O–H groups in total. The summed E-state index contributed by atoms with van der Waals surface area (Å²) >= 11 is 5.54. The second-order valence-corrected chi connectivity index (χ2v) is 2.88. The van der Waals surface area contributed by atoms with Crippen LogP contribution in [-0.4, -0.2) is 25.7 Å². The lowest BCUT2D eigenvalue weighted by atomic mass is 10.3. The lowest BCUT2D eigenvalue weighted by Crippen LogP contribution is -1.99. The molecule has 0 aliphatic heterocycles. The SMILES string of the molecule is O=C(O)c1c(F)nn2ccc(Cl)nc12. The lowest BCUT2D eigenvalue weighted by molar-refractivity contribution is 0.0694. The van der Waals surface area contributed by atoms with Crippen molar-refractivity contribution < 1.29 is 14.3 Å². The first-order valence-electron chi connectivity index (χ1n) is 3.53. The van der Waals surface area contributed by atoms with Crippen molar-refractivity contribution in [3.63, 3.8) is 0 Å². The second kappa shape index (κ2) is 2.91. The van der Waals surface area contributed by atoms with Crippen molar-refractivity contribution in [3.8, 4) is 0 Å². The third kappa shape index (κ3) is 1.20. The average Bonchev–Trinajstić information content (AvgIpc) is 2.40. The van der Waals surface area contributed by atoms with Gasteiger partial charge in [-0.05, 0) is 6.07 Å². The van der Waals surface area contributed by atoms with E-state index in [1.54, 1.807) is 0 Å². The number of aromatic nitrogens is 3. The summed E-state index contributed by atoms with van der Waals surface area (Å²) in [6.45, 7) is 0. The number of aromatic carboxylic acids is 1. The van der Waals surface area contributed by atoms with E-state index in [9.17, 15) is 9.18 Å². The fourth-order valence-electron chi connectivity index (χ4n) is 1.06. The highest BCUT2D eigenvalue weighted by Gasteiger charge is 2.20. The van der Waals surface area contributed by atoms with E-state index in [2.05, 4.69) is 10.1 Å². The van der Waals surface area contributed by atoms with E-state index in [4.69, 9.17) is 16.7 Å². The molecule has 0 aliphatic carbocycles. The normalized spacial score (nSPS) is 10.7. The summed E-state index contributed by atoms with van der Waals surface area (Å²) in [5.41, 5.74) is -0.685. The van der Waals surface area contributed by atoms with E-state index in [1.807, 2.05) is 0 Å². The summed E-state index contributed by atoms with van der Waals surface area (Å²) in [4.78, 5) is 14.3. The highest BCUT2D eigenvalue weighted by Crippen LogP contribution is 2.14. The Balaban J connectivity index is 2.86. The maximum Gasteiger partial charge on any atom is 0.344 e. The third-order valence-corrected chi connectivity index (χ3v) is 1.83. The van der Waals surface area contributed by atoms with Gasteiger partial charge in [-0.1, -0.05) is 11.6 Å². The number of carboxylic acids is 1. The van der Waals surface area contributed by atoms with E-state index < -0.39 is 17.5 Å². The van der Waals surface area contributed by atoms with Crippen LogP contribution in [0.3, 0.4) is 0 Å². The molecule has 7 heteroatoms. The van der Waals surface area contributed by atoms with Gasteiger partial charge in [0.1, 0.15) is 5.15 Å². The smallest absolute Gasteiger partial charge is 0.344 e. The van der Waals surface area contributed by atoms with E-state index >= 15 is 0 Å². The molecule has 0 aliphatic rings. The number of rotatable bonds is 1. The highest BCUT2D eigenvalue weighted by atomic mass is 35.5. The molecular weight excluding hydrogens is 213 g/mol. The number of carboxylic acid groups (broad SMARTS) is 1. The van der Waals surface area contributed by atoms with Gasteiger partial charge in [-0.3, -0.25) is 0 Å². The van der Waals surface area contributed by atoms with Gasteiger partial charge in [0.15, 0.2) is 11.2 Å². The number of hydrogen-bond donors (Lipinski definition) is 1. The van der Waals surface area contributed by atoms with Crippen molar-refractivity contribution in [1.29, 1.82) is 0 Å². The lowest BCUT2D eigenvalue weighted by Gasteiger charge is -1.92. The molecule has 2 aromatic rings. The van der Waals surface area contributed by atoms with Crippen LogP contribution in [0.5, 0.6) is 0 Å². The number of halogens is 2. The third-order valence-electron chi connectivity index (χ3n) is 1.62. The summed E-state index contributed by atoms with van der Waals surface area (Å²) in [6, 6.07) is 1.38. The van der Waals surface area contributed by atoms with Crippen molar-refractivity contribution in [2.24, 2.45) is 0 Å². The van der Waals surface area contributed by atoms with E-state index in [0.717, 1.165) is 4.52 Å². The van der Waals surface area contributed by atoms with Crippen LogP contribution in [0.15, 0.2) is 12.3 Å². The quantitative estimate of drug-likeness (QED) is 0.727.